The first-order valence-electron chi connectivity index (χ1n) is 6.30. The van der Waals surface area contributed by atoms with E-state index in [0.717, 1.165) is 35.4 Å². The molecule has 0 spiro atoms. The van der Waals surface area contributed by atoms with Crippen molar-refractivity contribution in [1.82, 2.24) is 9.97 Å². The van der Waals surface area contributed by atoms with E-state index in [1.807, 2.05) is 6.07 Å². The van der Waals surface area contributed by atoms with Gasteiger partial charge in [0.1, 0.15) is 0 Å². The average molecular weight is 254 g/mol. The molecule has 4 heteroatoms. The summed E-state index contributed by atoms with van der Waals surface area (Å²) < 4.78 is 0. The van der Waals surface area contributed by atoms with Gasteiger partial charge in [0.2, 0.25) is 0 Å². The van der Waals surface area contributed by atoms with Gasteiger partial charge in [0.15, 0.2) is 0 Å². The summed E-state index contributed by atoms with van der Waals surface area (Å²) in [6.45, 7) is 2.08. The van der Waals surface area contributed by atoms with Crippen LogP contribution in [0.5, 0.6) is 0 Å². The normalized spacial score (nSPS) is 12.7. The van der Waals surface area contributed by atoms with Gasteiger partial charge in [0.25, 0.3) is 0 Å². The van der Waals surface area contributed by atoms with E-state index >= 15 is 0 Å². The number of aliphatic carboxylic acids is 1. The van der Waals surface area contributed by atoms with Crippen LogP contribution >= 0.6 is 0 Å². The number of aryl methyl sites for hydroxylation is 1. The van der Waals surface area contributed by atoms with E-state index in [1.54, 1.807) is 18.5 Å². The molecule has 0 saturated heterocycles. The van der Waals surface area contributed by atoms with E-state index in [2.05, 4.69) is 16.9 Å². The third kappa shape index (κ3) is 1.99. The fourth-order valence-electron chi connectivity index (χ4n) is 2.70. The SMILES string of the molecule is Cc1ccnc2c1CCc1c(CC(=O)O)ccnc1-2. The van der Waals surface area contributed by atoms with Crippen LogP contribution in [0, 0.1) is 6.92 Å². The Morgan fingerprint density at radius 2 is 1.79 bits per heavy atom. The zero-order chi connectivity index (χ0) is 13.4. The number of nitrogens with zero attached hydrogens (tertiary/aromatic N) is 2. The van der Waals surface area contributed by atoms with Crippen LogP contribution in [0.15, 0.2) is 24.5 Å². The molecule has 2 aromatic rings. The van der Waals surface area contributed by atoms with Crippen LogP contribution in [0.3, 0.4) is 0 Å². The largest absolute Gasteiger partial charge is 0.481 e. The molecule has 0 unspecified atom stereocenters. The van der Waals surface area contributed by atoms with Gasteiger partial charge < -0.3 is 5.11 Å². The number of fused-ring (bicyclic) bond motifs is 3. The van der Waals surface area contributed by atoms with Crippen molar-refractivity contribution in [3.63, 3.8) is 0 Å². The summed E-state index contributed by atoms with van der Waals surface area (Å²) in [7, 11) is 0. The molecule has 1 aliphatic carbocycles. The van der Waals surface area contributed by atoms with Crippen LogP contribution in [-0.4, -0.2) is 21.0 Å². The van der Waals surface area contributed by atoms with Gasteiger partial charge in [0.05, 0.1) is 17.8 Å². The van der Waals surface area contributed by atoms with Crippen LogP contribution < -0.4 is 0 Å². The number of carbonyl (C=O) groups is 1. The van der Waals surface area contributed by atoms with Crippen LogP contribution in [0.25, 0.3) is 11.4 Å². The van der Waals surface area contributed by atoms with Gasteiger partial charge in [-0.3, -0.25) is 14.8 Å². The molecule has 0 fully saturated rings. The minimum atomic E-state index is -0.809. The molecule has 3 rings (SSSR count). The van der Waals surface area contributed by atoms with Crippen LogP contribution in [0.2, 0.25) is 0 Å². The Morgan fingerprint density at radius 3 is 2.53 bits per heavy atom. The third-order valence-electron chi connectivity index (χ3n) is 3.63. The highest BCUT2D eigenvalue weighted by atomic mass is 16.4. The lowest BCUT2D eigenvalue weighted by Gasteiger charge is -2.21. The van der Waals surface area contributed by atoms with Crippen molar-refractivity contribution in [2.24, 2.45) is 0 Å². The second kappa shape index (κ2) is 4.46. The maximum absolute atomic E-state index is 10.9. The van der Waals surface area contributed by atoms with E-state index in [4.69, 9.17) is 5.11 Å². The minimum absolute atomic E-state index is 0.0476. The van der Waals surface area contributed by atoms with Crippen LogP contribution in [0.1, 0.15) is 22.3 Å². The summed E-state index contributed by atoms with van der Waals surface area (Å²) in [5, 5.41) is 8.97. The molecule has 19 heavy (non-hydrogen) atoms. The van der Waals surface area contributed by atoms with Crippen molar-refractivity contribution >= 4 is 5.97 Å². The van der Waals surface area contributed by atoms with Gasteiger partial charge in [-0.2, -0.15) is 0 Å². The van der Waals surface area contributed by atoms with Gasteiger partial charge in [-0.25, -0.2) is 0 Å². The average Bonchev–Trinajstić information content (AvgIpc) is 2.38. The molecule has 96 valence electrons. The lowest BCUT2D eigenvalue weighted by molar-refractivity contribution is -0.136. The standard InChI is InChI=1S/C15H14N2O2/c1-9-4-6-16-14-11(9)2-3-12-10(8-13(18)19)5-7-17-15(12)14/h4-7H,2-3,8H2,1H3,(H,18,19). The van der Waals surface area contributed by atoms with Crippen molar-refractivity contribution in [2.75, 3.05) is 0 Å². The van der Waals surface area contributed by atoms with Crippen LogP contribution in [-0.2, 0) is 24.1 Å². The van der Waals surface area contributed by atoms with E-state index in [0.29, 0.717) is 0 Å². The molecule has 0 saturated carbocycles. The molecule has 1 aliphatic rings. The summed E-state index contributed by atoms with van der Waals surface area (Å²) in [6, 6.07) is 3.80. The number of rotatable bonds is 2. The van der Waals surface area contributed by atoms with E-state index in [-0.39, 0.29) is 6.42 Å². The summed E-state index contributed by atoms with van der Waals surface area (Å²) in [5.41, 5.74) is 6.11. The second-order valence-corrected chi connectivity index (χ2v) is 4.82. The van der Waals surface area contributed by atoms with Crippen molar-refractivity contribution in [1.29, 1.82) is 0 Å². The van der Waals surface area contributed by atoms with Gasteiger partial charge in [-0.15, -0.1) is 0 Å². The Kier molecular flexibility index (Phi) is 2.78. The maximum atomic E-state index is 10.9. The fourth-order valence-corrected chi connectivity index (χ4v) is 2.70. The van der Waals surface area contributed by atoms with Gasteiger partial charge in [-0.1, -0.05) is 0 Å². The van der Waals surface area contributed by atoms with Crippen LogP contribution in [0.4, 0.5) is 0 Å². The molecule has 0 radical (unpaired) electrons. The molecule has 0 aromatic carbocycles. The molecule has 0 amide bonds. The first-order valence-corrected chi connectivity index (χ1v) is 6.30. The molecular weight excluding hydrogens is 240 g/mol. The Hall–Kier alpha value is -2.23. The topological polar surface area (TPSA) is 63.1 Å². The van der Waals surface area contributed by atoms with Gasteiger partial charge >= 0.3 is 5.97 Å². The first-order chi connectivity index (χ1) is 9.16. The predicted octanol–water partition coefficient (Wildman–Crippen LogP) is 2.18. The Balaban J connectivity index is 2.17. The highest BCUT2D eigenvalue weighted by molar-refractivity contribution is 5.74. The zero-order valence-electron chi connectivity index (χ0n) is 10.7. The van der Waals surface area contributed by atoms with Crippen molar-refractivity contribution in [3.05, 3.63) is 46.8 Å². The zero-order valence-corrected chi connectivity index (χ0v) is 10.7. The van der Waals surface area contributed by atoms with Crippen molar-refractivity contribution < 1.29 is 9.90 Å². The molecule has 2 heterocycles. The van der Waals surface area contributed by atoms with Crippen molar-refractivity contribution in [2.45, 2.75) is 26.2 Å². The number of pyridine rings is 2. The molecule has 4 nitrogen and oxygen atoms in total. The van der Waals surface area contributed by atoms with E-state index < -0.39 is 5.97 Å². The fraction of sp³-hybridized carbons (Fsp3) is 0.267. The Bertz CT molecular complexity index is 665. The molecule has 0 atom stereocenters. The summed E-state index contributed by atoms with van der Waals surface area (Å²) in [6.07, 6.45) is 5.25. The van der Waals surface area contributed by atoms with Gasteiger partial charge in [0, 0.05) is 12.4 Å². The quantitative estimate of drug-likeness (QED) is 0.892. The maximum Gasteiger partial charge on any atom is 0.307 e. The number of carboxylic acid groups (broad SMARTS) is 1. The number of hydrogen-bond acceptors (Lipinski definition) is 3. The third-order valence-corrected chi connectivity index (χ3v) is 3.63. The predicted molar refractivity (Wildman–Crippen MR) is 71.0 cm³/mol. The summed E-state index contributed by atoms with van der Waals surface area (Å²) in [5.74, 6) is -0.809. The molecule has 2 aromatic heterocycles. The van der Waals surface area contributed by atoms with E-state index in [9.17, 15) is 4.79 Å². The smallest absolute Gasteiger partial charge is 0.307 e. The number of carboxylic acids is 1. The summed E-state index contributed by atoms with van der Waals surface area (Å²) >= 11 is 0. The molecular formula is C15H14N2O2. The minimum Gasteiger partial charge on any atom is -0.481 e. The lowest BCUT2D eigenvalue weighted by atomic mass is 9.87. The molecule has 1 N–H and O–H groups in total. The molecule has 0 bridgehead atoms. The van der Waals surface area contributed by atoms with Crippen molar-refractivity contribution in [3.8, 4) is 11.4 Å². The Labute approximate surface area is 111 Å². The Morgan fingerprint density at radius 1 is 1.16 bits per heavy atom. The summed E-state index contributed by atoms with van der Waals surface area (Å²) in [4.78, 5) is 19.8. The monoisotopic (exact) mass is 254 g/mol. The first kappa shape index (κ1) is 11.8. The lowest BCUT2D eigenvalue weighted by Crippen LogP contribution is -2.13. The van der Waals surface area contributed by atoms with E-state index in [1.165, 1.54) is 11.1 Å². The number of aromatic nitrogens is 2. The van der Waals surface area contributed by atoms with Gasteiger partial charge in [-0.05, 0) is 54.2 Å². The molecule has 0 aliphatic heterocycles. The highest BCUT2D eigenvalue weighted by Crippen LogP contribution is 2.33. The second-order valence-electron chi connectivity index (χ2n) is 4.82. The number of hydrogen-bond donors (Lipinski definition) is 1. The highest BCUT2D eigenvalue weighted by Gasteiger charge is 2.22.